The number of esters is 1. The smallest absolute Gasteiger partial charge is 0.311 e. The number of carbonyl (C=O) groups excluding carboxylic acids is 1. The first kappa shape index (κ1) is 15.2. The van der Waals surface area contributed by atoms with Crippen LogP contribution in [0.2, 0.25) is 0 Å². The van der Waals surface area contributed by atoms with Crippen molar-refractivity contribution in [2.24, 2.45) is 5.92 Å². The van der Waals surface area contributed by atoms with Gasteiger partial charge < -0.3 is 9.84 Å². The molecule has 2 atom stereocenters. The molecular formula is C14H19BrO3. The number of rotatable bonds is 6. The van der Waals surface area contributed by atoms with Gasteiger partial charge in [-0.2, -0.15) is 0 Å². The highest BCUT2D eigenvalue weighted by Crippen LogP contribution is 2.28. The Labute approximate surface area is 116 Å². The van der Waals surface area contributed by atoms with Crippen molar-refractivity contribution in [1.29, 1.82) is 0 Å². The summed E-state index contributed by atoms with van der Waals surface area (Å²) in [7, 11) is 0. The summed E-state index contributed by atoms with van der Waals surface area (Å²) in [6, 6.07) is 7.37. The molecule has 0 bridgehead atoms. The monoisotopic (exact) mass is 314 g/mol. The number of benzene rings is 1. The van der Waals surface area contributed by atoms with E-state index in [4.69, 9.17) is 4.74 Å². The molecule has 0 spiro atoms. The van der Waals surface area contributed by atoms with Crippen molar-refractivity contribution < 1.29 is 14.6 Å². The van der Waals surface area contributed by atoms with Crippen LogP contribution in [0, 0.1) is 5.92 Å². The van der Waals surface area contributed by atoms with Crippen molar-refractivity contribution in [3.8, 4) is 0 Å². The van der Waals surface area contributed by atoms with Crippen LogP contribution in [0.3, 0.4) is 0 Å². The van der Waals surface area contributed by atoms with Gasteiger partial charge in [0.1, 0.15) is 0 Å². The Bertz CT molecular complexity index is 392. The van der Waals surface area contributed by atoms with Crippen molar-refractivity contribution in [3.63, 3.8) is 0 Å². The molecule has 0 aliphatic carbocycles. The predicted octanol–water partition coefficient (Wildman–Crippen LogP) is 3.46. The summed E-state index contributed by atoms with van der Waals surface area (Å²) in [5.41, 5.74) is 0.732. The number of hydrogen-bond acceptors (Lipinski definition) is 3. The minimum Gasteiger partial charge on any atom is -0.466 e. The summed E-state index contributed by atoms with van der Waals surface area (Å²) >= 11 is 3.36. The fraction of sp³-hybridized carbons (Fsp3) is 0.500. The molecule has 2 unspecified atom stereocenters. The standard InChI is InChI=1S/C14H19BrO3/c1-3-6-12(14(17)18-4-2)13(16)10-7-5-8-11(15)9-10/h5,7-9,12-13,16H,3-4,6H2,1-2H3. The fourth-order valence-electron chi connectivity index (χ4n) is 1.89. The Kier molecular flexibility index (Phi) is 6.36. The van der Waals surface area contributed by atoms with Crippen LogP contribution in [0.15, 0.2) is 28.7 Å². The largest absolute Gasteiger partial charge is 0.466 e. The van der Waals surface area contributed by atoms with E-state index in [0.717, 1.165) is 16.5 Å². The average molecular weight is 315 g/mol. The van der Waals surface area contributed by atoms with Gasteiger partial charge in [0.15, 0.2) is 0 Å². The Morgan fingerprint density at radius 2 is 2.17 bits per heavy atom. The quantitative estimate of drug-likeness (QED) is 0.818. The van der Waals surface area contributed by atoms with Crippen LogP contribution < -0.4 is 0 Å². The normalized spacial score (nSPS) is 14.0. The number of ether oxygens (including phenoxy) is 1. The van der Waals surface area contributed by atoms with E-state index in [1.165, 1.54) is 0 Å². The maximum atomic E-state index is 11.8. The van der Waals surface area contributed by atoms with Crippen molar-refractivity contribution >= 4 is 21.9 Å². The maximum absolute atomic E-state index is 11.8. The van der Waals surface area contributed by atoms with Crippen LogP contribution in [-0.2, 0) is 9.53 Å². The van der Waals surface area contributed by atoms with Crippen molar-refractivity contribution in [1.82, 2.24) is 0 Å². The molecule has 0 saturated carbocycles. The average Bonchev–Trinajstić information content (AvgIpc) is 2.35. The predicted molar refractivity (Wildman–Crippen MR) is 74.1 cm³/mol. The van der Waals surface area contributed by atoms with Gasteiger partial charge in [-0.1, -0.05) is 41.4 Å². The second-order valence-electron chi connectivity index (χ2n) is 4.15. The zero-order valence-electron chi connectivity index (χ0n) is 10.7. The van der Waals surface area contributed by atoms with Gasteiger partial charge >= 0.3 is 5.97 Å². The molecule has 0 aliphatic heterocycles. The number of carbonyl (C=O) groups is 1. The molecule has 0 saturated heterocycles. The van der Waals surface area contributed by atoms with Crippen molar-refractivity contribution in [3.05, 3.63) is 34.3 Å². The molecule has 18 heavy (non-hydrogen) atoms. The minimum atomic E-state index is -0.818. The zero-order valence-corrected chi connectivity index (χ0v) is 12.3. The molecule has 4 heteroatoms. The molecular weight excluding hydrogens is 296 g/mol. The molecule has 0 heterocycles. The molecule has 0 aliphatic rings. The fourth-order valence-corrected chi connectivity index (χ4v) is 2.30. The zero-order chi connectivity index (χ0) is 13.5. The van der Waals surface area contributed by atoms with E-state index < -0.39 is 12.0 Å². The molecule has 1 aromatic rings. The van der Waals surface area contributed by atoms with Gasteiger partial charge in [0.25, 0.3) is 0 Å². The molecule has 1 N–H and O–H groups in total. The summed E-state index contributed by atoms with van der Waals surface area (Å²) in [4.78, 5) is 11.8. The lowest BCUT2D eigenvalue weighted by atomic mass is 9.92. The van der Waals surface area contributed by atoms with E-state index in [-0.39, 0.29) is 5.97 Å². The summed E-state index contributed by atoms with van der Waals surface area (Å²) < 4.78 is 5.91. The number of aliphatic hydroxyl groups excluding tert-OH is 1. The summed E-state index contributed by atoms with van der Waals surface area (Å²) in [6.45, 7) is 4.09. The summed E-state index contributed by atoms with van der Waals surface area (Å²) in [5, 5.41) is 10.3. The molecule has 1 aromatic carbocycles. The highest BCUT2D eigenvalue weighted by Gasteiger charge is 2.28. The van der Waals surface area contributed by atoms with E-state index in [1.807, 2.05) is 31.2 Å². The molecule has 0 aromatic heterocycles. The Morgan fingerprint density at radius 3 is 2.72 bits per heavy atom. The van der Waals surface area contributed by atoms with E-state index in [1.54, 1.807) is 6.92 Å². The van der Waals surface area contributed by atoms with Gasteiger partial charge in [-0.25, -0.2) is 0 Å². The lowest BCUT2D eigenvalue weighted by molar-refractivity contribution is -0.152. The van der Waals surface area contributed by atoms with Gasteiger partial charge in [-0.15, -0.1) is 0 Å². The van der Waals surface area contributed by atoms with Crippen molar-refractivity contribution in [2.45, 2.75) is 32.8 Å². The van der Waals surface area contributed by atoms with E-state index >= 15 is 0 Å². The highest BCUT2D eigenvalue weighted by atomic mass is 79.9. The van der Waals surface area contributed by atoms with Gasteiger partial charge in [0.2, 0.25) is 0 Å². The number of halogens is 1. The van der Waals surface area contributed by atoms with Crippen molar-refractivity contribution in [2.75, 3.05) is 6.61 Å². The van der Waals surface area contributed by atoms with Gasteiger partial charge in [-0.05, 0) is 31.0 Å². The van der Waals surface area contributed by atoms with E-state index in [2.05, 4.69) is 15.9 Å². The maximum Gasteiger partial charge on any atom is 0.311 e. The SMILES string of the molecule is CCCC(C(=O)OCC)C(O)c1cccc(Br)c1. The molecule has 1 rings (SSSR count). The highest BCUT2D eigenvalue weighted by molar-refractivity contribution is 9.10. The Balaban J connectivity index is 2.88. The van der Waals surface area contributed by atoms with Gasteiger partial charge in [-0.3, -0.25) is 4.79 Å². The van der Waals surface area contributed by atoms with Gasteiger partial charge in [0.05, 0.1) is 18.6 Å². The third kappa shape index (κ3) is 4.10. The second kappa shape index (κ2) is 7.54. The van der Waals surface area contributed by atoms with Crippen LogP contribution in [0.25, 0.3) is 0 Å². The molecule has 0 radical (unpaired) electrons. The molecule has 3 nitrogen and oxygen atoms in total. The molecule has 0 fully saturated rings. The third-order valence-electron chi connectivity index (χ3n) is 2.76. The Hall–Kier alpha value is -0.870. The summed E-state index contributed by atoms with van der Waals surface area (Å²) in [5.74, 6) is -0.823. The van der Waals surface area contributed by atoms with Crippen LogP contribution in [0.1, 0.15) is 38.4 Å². The first-order valence-electron chi connectivity index (χ1n) is 6.20. The van der Waals surface area contributed by atoms with Crippen LogP contribution in [0.4, 0.5) is 0 Å². The van der Waals surface area contributed by atoms with E-state index in [0.29, 0.717) is 13.0 Å². The topological polar surface area (TPSA) is 46.5 Å². The number of aliphatic hydroxyl groups is 1. The molecule has 0 amide bonds. The first-order chi connectivity index (χ1) is 8.60. The lowest BCUT2D eigenvalue weighted by Gasteiger charge is -2.21. The van der Waals surface area contributed by atoms with Crippen LogP contribution in [-0.4, -0.2) is 17.7 Å². The minimum absolute atomic E-state index is 0.327. The van der Waals surface area contributed by atoms with E-state index in [9.17, 15) is 9.90 Å². The summed E-state index contributed by atoms with van der Waals surface area (Å²) in [6.07, 6.45) is 0.627. The number of hydrogen-bond donors (Lipinski definition) is 1. The Morgan fingerprint density at radius 1 is 1.44 bits per heavy atom. The van der Waals surface area contributed by atoms with Gasteiger partial charge in [0, 0.05) is 4.47 Å². The van der Waals surface area contributed by atoms with Crippen LogP contribution >= 0.6 is 15.9 Å². The first-order valence-corrected chi connectivity index (χ1v) is 6.99. The lowest BCUT2D eigenvalue weighted by Crippen LogP contribution is -2.24. The molecule has 100 valence electrons. The second-order valence-corrected chi connectivity index (χ2v) is 5.06. The third-order valence-corrected chi connectivity index (χ3v) is 3.25. The van der Waals surface area contributed by atoms with Crippen LogP contribution in [0.5, 0.6) is 0 Å².